The summed E-state index contributed by atoms with van der Waals surface area (Å²) < 4.78 is 4.71. The molecule has 80 valence electrons. The summed E-state index contributed by atoms with van der Waals surface area (Å²) in [5, 5.41) is 9.59. The fourth-order valence-corrected chi connectivity index (χ4v) is 2.30. The summed E-state index contributed by atoms with van der Waals surface area (Å²) in [4.78, 5) is 0.886. The van der Waals surface area contributed by atoms with Gasteiger partial charge in [-0.1, -0.05) is 11.6 Å². The van der Waals surface area contributed by atoms with E-state index in [1.165, 1.54) is 11.8 Å². The van der Waals surface area contributed by atoms with Crippen LogP contribution in [-0.4, -0.2) is 11.9 Å². The third kappa shape index (κ3) is 3.33. The molecule has 0 aliphatic carbocycles. The van der Waals surface area contributed by atoms with Crippen LogP contribution in [0.4, 0.5) is 0 Å². The lowest BCUT2D eigenvalue weighted by Crippen LogP contribution is -2.10. The minimum atomic E-state index is -0.488. The SMILES string of the molecule is COc1ccc(Cl)cc1SC(C)(C)C#N. The first-order valence-electron chi connectivity index (χ1n) is 4.42. The zero-order valence-corrected chi connectivity index (χ0v) is 10.4. The van der Waals surface area contributed by atoms with Crippen LogP contribution in [0.25, 0.3) is 0 Å². The Kier molecular flexibility index (Phi) is 3.90. The number of benzene rings is 1. The minimum absolute atomic E-state index is 0.488. The molecule has 0 saturated heterocycles. The molecule has 0 aliphatic heterocycles. The van der Waals surface area contributed by atoms with Crippen LogP contribution in [-0.2, 0) is 0 Å². The molecule has 1 aromatic rings. The van der Waals surface area contributed by atoms with Crippen molar-refractivity contribution >= 4 is 23.4 Å². The lowest BCUT2D eigenvalue weighted by molar-refractivity contribution is 0.404. The molecule has 0 aliphatic rings. The van der Waals surface area contributed by atoms with E-state index in [0.717, 1.165) is 10.6 Å². The molecule has 15 heavy (non-hydrogen) atoms. The number of halogens is 1. The Morgan fingerprint density at radius 3 is 2.67 bits per heavy atom. The summed E-state index contributed by atoms with van der Waals surface area (Å²) in [6, 6.07) is 7.61. The standard InChI is InChI=1S/C11H12ClNOS/c1-11(2,7-13)15-10-6-8(12)4-5-9(10)14-3/h4-6H,1-3H3. The Balaban J connectivity index is 3.03. The highest BCUT2D eigenvalue weighted by Crippen LogP contribution is 2.39. The molecule has 1 aromatic carbocycles. The first-order valence-corrected chi connectivity index (χ1v) is 5.62. The molecular weight excluding hydrogens is 230 g/mol. The van der Waals surface area contributed by atoms with Gasteiger partial charge < -0.3 is 4.74 Å². The van der Waals surface area contributed by atoms with E-state index in [9.17, 15) is 0 Å². The van der Waals surface area contributed by atoms with E-state index in [1.807, 2.05) is 19.9 Å². The third-order valence-corrected chi connectivity index (χ3v) is 3.14. The average molecular weight is 242 g/mol. The summed E-state index contributed by atoms with van der Waals surface area (Å²) in [5.41, 5.74) is 0. The van der Waals surface area contributed by atoms with Crippen LogP contribution in [0.1, 0.15) is 13.8 Å². The molecule has 0 radical (unpaired) electrons. The molecule has 0 spiro atoms. The van der Waals surface area contributed by atoms with Crippen molar-refractivity contribution in [2.75, 3.05) is 7.11 Å². The number of hydrogen-bond donors (Lipinski definition) is 0. The molecule has 0 saturated carbocycles. The van der Waals surface area contributed by atoms with Crippen molar-refractivity contribution in [2.45, 2.75) is 23.5 Å². The van der Waals surface area contributed by atoms with Crippen molar-refractivity contribution in [3.8, 4) is 11.8 Å². The molecule has 1 rings (SSSR count). The van der Waals surface area contributed by atoms with Gasteiger partial charge in [0.2, 0.25) is 0 Å². The molecule has 4 heteroatoms. The molecule has 0 N–H and O–H groups in total. The van der Waals surface area contributed by atoms with Crippen LogP contribution >= 0.6 is 23.4 Å². The fourth-order valence-electron chi connectivity index (χ4n) is 1.03. The van der Waals surface area contributed by atoms with E-state index in [-0.39, 0.29) is 0 Å². The predicted molar refractivity (Wildman–Crippen MR) is 63.6 cm³/mol. The van der Waals surface area contributed by atoms with E-state index in [1.54, 1.807) is 19.2 Å². The highest BCUT2D eigenvalue weighted by molar-refractivity contribution is 8.01. The second-order valence-corrected chi connectivity index (χ2v) is 5.62. The van der Waals surface area contributed by atoms with Gasteiger partial charge in [0, 0.05) is 5.02 Å². The van der Waals surface area contributed by atoms with Crippen molar-refractivity contribution < 1.29 is 4.74 Å². The van der Waals surface area contributed by atoms with Gasteiger partial charge in [-0.2, -0.15) is 5.26 Å². The monoisotopic (exact) mass is 241 g/mol. The molecule has 0 fully saturated rings. The molecule has 0 amide bonds. The second kappa shape index (κ2) is 4.78. The van der Waals surface area contributed by atoms with Crippen LogP contribution in [0.2, 0.25) is 5.02 Å². The van der Waals surface area contributed by atoms with E-state index in [0.29, 0.717) is 5.02 Å². The maximum absolute atomic E-state index is 8.94. The Hall–Kier alpha value is -0.850. The Morgan fingerprint density at radius 1 is 1.47 bits per heavy atom. The fraction of sp³-hybridized carbons (Fsp3) is 0.364. The van der Waals surface area contributed by atoms with Gasteiger partial charge in [-0.15, -0.1) is 11.8 Å². The number of rotatable bonds is 3. The summed E-state index contributed by atoms with van der Waals surface area (Å²) in [7, 11) is 1.60. The van der Waals surface area contributed by atoms with Gasteiger partial charge in [-0.3, -0.25) is 0 Å². The van der Waals surface area contributed by atoms with Crippen LogP contribution in [0.5, 0.6) is 5.75 Å². The smallest absolute Gasteiger partial charge is 0.132 e. The molecular formula is C11H12ClNOS. The number of methoxy groups -OCH3 is 1. The van der Waals surface area contributed by atoms with Crippen LogP contribution in [0, 0.1) is 11.3 Å². The maximum atomic E-state index is 8.94. The quantitative estimate of drug-likeness (QED) is 0.756. The van der Waals surface area contributed by atoms with Crippen molar-refractivity contribution in [1.82, 2.24) is 0 Å². The van der Waals surface area contributed by atoms with Gasteiger partial charge in [0.15, 0.2) is 0 Å². The van der Waals surface area contributed by atoms with Crippen LogP contribution in [0.15, 0.2) is 23.1 Å². The summed E-state index contributed by atoms with van der Waals surface area (Å²) >= 11 is 7.33. The zero-order valence-electron chi connectivity index (χ0n) is 8.87. The largest absolute Gasteiger partial charge is 0.496 e. The van der Waals surface area contributed by atoms with E-state index in [4.69, 9.17) is 21.6 Å². The minimum Gasteiger partial charge on any atom is -0.496 e. The van der Waals surface area contributed by atoms with E-state index >= 15 is 0 Å². The van der Waals surface area contributed by atoms with E-state index in [2.05, 4.69) is 6.07 Å². The van der Waals surface area contributed by atoms with Gasteiger partial charge in [0.1, 0.15) is 10.5 Å². The highest BCUT2D eigenvalue weighted by Gasteiger charge is 2.20. The number of ether oxygens (including phenoxy) is 1. The van der Waals surface area contributed by atoms with Gasteiger partial charge in [-0.25, -0.2) is 0 Å². The molecule has 0 heterocycles. The highest BCUT2D eigenvalue weighted by atomic mass is 35.5. The average Bonchev–Trinajstić information content (AvgIpc) is 2.18. The van der Waals surface area contributed by atoms with Crippen molar-refractivity contribution in [3.63, 3.8) is 0 Å². The summed E-state index contributed by atoms with van der Waals surface area (Å²) in [5.74, 6) is 0.743. The lowest BCUT2D eigenvalue weighted by Gasteiger charge is -2.16. The lowest BCUT2D eigenvalue weighted by atomic mass is 10.2. The topological polar surface area (TPSA) is 33.0 Å². The van der Waals surface area contributed by atoms with Gasteiger partial charge >= 0.3 is 0 Å². The van der Waals surface area contributed by atoms with Crippen LogP contribution < -0.4 is 4.74 Å². The Labute approximate surface area is 99.2 Å². The zero-order chi connectivity index (χ0) is 11.5. The number of nitriles is 1. The molecule has 0 bridgehead atoms. The summed E-state index contributed by atoms with van der Waals surface area (Å²) in [6.07, 6.45) is 0. The molecule has 0 aromatic heterocycles. The predicted octanol–water partition coefficient (Wildman–Crippen LogP) is 3.74. The van der Waals surface area contributed by atoms with Crippen molar-refractivity contribution in [1.29, 1.82) is 5.26 Å². The molecule has 2 nitrogen and oxygen atoms in total. The van der Waals surface area contributed by atoms with Crippen molar-refractivity contribution in [2.24, 2.45) is 0 Å². The first-order chi connectivity index (χ1) is 6.98. The van der Waals surface area contributed by atoms with Gasteiger partial charge in [0.05, 0.1) is 18.1 Å². The second-order valence-electron chi connectivity index (χ2n) is 3.52. The van der Waals surface area contributed by atoms with Gasteiger partial charge in [-0.05, 0) is 32.0 Å². The Morgan fingerprint density at radius 2 is 2.13 bits per heavy atom. The number of thioether (sulfide) groups is 1. The number of hydrogen-bond acceptors (Lipinski definition) is 3. The molecule has 0 atom stereocenters. The van der Waals surface area contributed by atoms with Crippen molar-refractivity contribution in [3.05, 3.63) is 23.2 Å². The Bertz CT molecular complexity index is 398. The third-order valence-electron chi connectivity index (χ3n) is 1.76. The first kappa shape index (κ1) is 12.2. The number of nitrogens with zero attached hydrogens (tertiary/aromatic N) is 1. The van der Waals surface area contributed by atoms with E-state index < -0.39 is 4.75 Å². The van der Waals surface area contributed by atoms with Crippen LogP contribution in [0.3, 0.4) is 0 Å². The maximum Gasteiger partial charge on any atom is 0.132 e. The molecule has 0 unspecified atom stereocenters. The van der Waals surface area contributed by atoms with Gasteiger partial charge in [0.25, 0.3) is 0 Å². The summed E-state index contributed by atoms with van der Waals surface area (Å²) in [6.45, 7) is 3.72. The normalized spacial score (nSPS) is 10.9.